The molecule has 0 spiro atoms. The fourth-order valence-electron chi connectivity index (χ4n) is 8.38. The van der Waals surface area contributed by atoms with Gasteiger partial charge in [-0.15, -0.1) is 11.8 Å². The van der Waals surface area contributed by atoms with Crippen LogP contribution in [0.2, 0.25) is 0 Å². The fraction of sp³-hybridized carbons (Fsp3) is 0.333. The van der Waals surface area contributed by atoms with Gasteiger partial charge in [0.25, 0.3) is 0 Å². The number of aromatic nitrogens is 1. The number of esters is 1. The Balaban J connectivity index is 1.14. The monoisotopic (exact) mass is 652 g/mol. The first-order valence-corrected chi connectivity index (χ1v) is 17.4. The summed E-state index contributed by atoms with van der Waals surface area (Å²) in [7, 11) is 0. The summed E-state index contributed by atoms with van der Waals surface area (Å²) in [5, 5.41) is 0.934. The van der Waals surface area contributed by atoms with Gasteiger partial charge in [-0.1, -0.05) is 53.8 Å². The van der Waals surface area contributed by atoms with Crippen molar-refractivity contribution in [3.63, 3.8) is 0 Å². The lowest BCUT2D eigenvalue weighted by atomic mass is 9.68. The number of aryl methyl sites for hydroxylation is 1. The van der Waals surface area contributed by atoms with Gasteiger partial charge in [-0.3, -0.25) is 19.3 Å². The number of anilines is 1. The standard InChI is InChI=1S/C36H32N2O6S2/c1-3-43-35(41)19-12-14-21(15-13-19)38-33(39)28-23-16-24(29(28)34(38)40)30-27(23)26(31-32(45-30)37-36(42)46-31)22-10-6-7-11-25(22)44-17-20-9-5-4-8-18(20)2/h4-15,23-24,26-30H,3,16-17H2,1-2H3,(H,37,42)/t23-,24-,26?,27?,28?,29?,30?/m1/s1. The molecule has 3 aromatic carbocycles. The Labute approximate surface area is 274 Å². The zero-order chi connectivity index (χ0) is 31.7. The number of thioether (sulfide) groups is 1. The Kier molecular flexibility index (Phi) is 7.17. The zero-order valence-corrected chi connectivity index (χ0v) is 26.9. The van der Waals surface area contributed by atoms with E-state index in [4.69, 9.17) is 9.47 Å². The first kappa shape index (κ1) is 29.3. The van der Waals surface area contributed by atoms with E-state index in [2.05, 4.69) is 30.1 Å². The number of carbonyl (C=O) groups is 3. The van der Waals surface area contributed by atoms with Gasteiger partial charge in [0.15, 0.2) is 0 Å². The van der Waals surface area contributed by atoms with Crippen molar-refractivity contribution in [2.45, 2.75) is 43.1 Å². The number of imide groups is 1. The minimum Gasteiger partial charge on any atom is -0.489 e. The van der Waals surface area contributed by atoms with Crippen LogP contribution in [-0.2, 0) is 20.9 Å². The Bertz CT molecular complexity index is 1930. The van der Waals surface area contributed by atoms with Crippen molar-refractivity contribution in [2.24, 2.45) is 29.6 Å². The normalized spacial score (nSPS) is 27.3. The lowest BCUT2D eigenvalue weighted by Gasteiger charge is -2.43. The van der Waals surface area contributed by atoms with E-state index in [0.29, 0.717) is 17.9 Å². The molecule has 4 aromatic rings. The van der Waals surface area contributed by atoms with Gasteiger partial charge < -0.3 is 14.5 Å². The van der Waals surface area contributed by atoms with E-state index in [1.807, 2.05) is 30.3 Å². The Morgan fingerprint density at radius 3 is 2.41 bits per heavy atom. The van der Waals surface area contributed by atoms with Crippen LogP contribution in [0.25, 0.3) is 0 Å². The van der Waals surface area contributed by atoms with E-state index in [9.17, 15) is 19.2 Å². The van der Waals surface area contributed by atoms with Crippen LogP contribution in [-0.4, -0.2) is 34.6 Å². The Morgan fingerprint density at radius 2 is 1.65 bits per heavy atom. The van der Waals surface area contributed by atoms with Crippen molar-refractivity contribution in [1.29, 1.82) is 0 Å². The van der Waals surface area contributed by atoms with E-state index in [0.717, 1.165) is 38.8 Å². The molecule has 3 heterocycles. The highest BCUT2D eigenvalue weighted by Crippen LogP contribution is 2.69. The molecule has 2 bridgehead atoms. The molecule has 4 aliphatic rings. The van der Waals surface area contributed by atoms with Crippen LogP contribution < -0.4 is 14.5 Å². The number of carbonyl (C=O) groups excluding carboxylic acids is 3. The summed E-state index contributed by atoms with van der Waals surface area (Å²) in [6.07, 6.45) is 0.798. The molecule has 2 saturated carbocycles. The number of rotatable bonds is 7. The van der Waals surface area contributed by atoms with Crippen molar-refractivity contribution in [1.82, 2.24) is 4.98 Å². The molecule has 3 fully saturated rings. The second kappa shape index (κ2) is 11.3. The zero-order valence-electron chi connectivity index (χ0n) is 25.3. The first-order valence-electron chi connectivity index (χ1n) is 15.7. The molecule has 46 heavy (non-hydrogen) atoms. The third kappa shape index (κ3) is 4.48. The van der Waals surface area contributed by atoms with Gasteiger partial charge in [0, 0.05) is 21.6 Å². The molecule has 2 amide bonds. The summed E-state index contributed by atoms with van der Waals surface area (Å²) >= 11 is 2.91. The average Bonchev–Trinajstić information content (AvgIpc) is 3.80. The average molecular weight is 653 g/mol. The number of benzene rings is 3. The minimum absolute atomic E-state index is 0.00403. The summed E-state index contributed by atoms with van der Waals surface area (Å²) in [5.41, 5.74) is 4.12. The highest BCUT2D eigenvalue weighted by Gasteiger charge is 2.69. The number of aromatic amines is 1. The van der Waals surface area contributed by atoms with Crippen LogP contribution in [0, 0.1) is 36.5 Å². The van der Waals surface area contributed by atoms with Gasteiger partial charge in [-0.05, 0) is 79.5 Å². The third-order valence-corrected chi connectivity index (χ3v) is 12.8. The maximum absolute atomic E-state index is 14.2. The molecule has 1 aromatic heterocycles. The number of hydrogen-bond donors (Lipinski definition) is 1. The molecule has 8 rings (SSSR count). The molecule has 2 aliphatic heterocycles. The van der Waals surface area contributed by atoms with Gasteiger partial charge in [-0.25, -0.2) is 4.79 Å². The van der Waals surface area contributed by atoms with Crippen LogP contribution >= 0.6 is 23.1 Å². The molecular weight excluding hydrogens is 621 g/mol. The maximum atomic E-state index is 14.2. The fourth-order valence-corrected chi connectivity index (χ4v) is 11.3. The van der Waals surface area contributed by atoms with Gasteiger partial charge in [0.2, 0.25) is 11.8 Å². The van der Waals surface area contributed by atoms with E-state index in [1.54, 1.807) is 43.0 Å². The third-order valence-electron chi connectivity index (χ3n) is 10.3. The van der Waals surface area contributed by atoms with Gasteiger partial charge in [0.05, 0.1) is 34.7 Å². The van der Waals surface area contributed by atoms with Crippen molar-refractivity contribution >= 4 is 46.6 Å². The number of ether oxygens (including phenoxy) is 2. The van der Waals surface area contributed by atoms with Crippen LogP contribution in [0.1, 0.15) is 51.2 Å². The predicted molar refractivity (Wildman–Crippen MR) is 175 cm³/mol. The lowest BCUT2D eigenvalue weighted by Crippen LogP contribution is -2.42. The molecule has 10 heteroatoms. The summed E-state index contributed by atoms with van der Waals surface area (Å²) in [4.78, 5) is 58.4. The van der Waals surface area contributed by atoms with Gasteiger partial charge in [-0.2, -0.15) is 0 Å². The van der Waals surface area contributed by atoms with E-state index < -0.39 is 17.8 Å². The lowest BCUT2D eigenvalue weighted by molar-refractivity contribution is -0.123. The van der Waals surface area contributed by atoms with E-state index in [1.165, 1.54) is 16.2 Å². The van der Waals surface area contributed by atoms with Crippen molar-refractivity contribution < 1.29 is 23.9 Å². The molecule has 2 aliphatic carbocycles. The second-order valence-corrected chi connectivity index (χ2v) is 14.7. The first-order chi connectivity index (χ1) is 22.4. The molecule has 1 N–H and O–H groups in total. The van der Waals surface area contributed by atoms with Crippen molar-refractivity contribution in [2.75, 3.05) is 11.5 Å². The summed E-state index contributed by atoms with van der Waals surface area (Å²) in [6, 6.07) is 22.7. The maximum Gasteiger partial charge on any atom is 0.338 e. The minimum atomic E-state index is -0.441. The quantitative estimate of drug-likeness (QED) is 0.188. The molecule has 0 radical (unpaired) electrons. The highest BCUT2D eigenvalue weighted by molar-refractivity contribution is 8.00. The predicted octanol–water partition coefficient (Wildman–Crippen LogP) is 6.18. The highest BCUT2D eigenvalue weighted by atomic mass is 32.2. The number of amides is 2. The SMILES string of the molecule is CCOC(=O)c1ccc(N2C(=O)C3C(C2=O)[C@@H]2C[C@H]3C3Sc4[nH]c(=O)sc4C(c4ccccc4OCc4ccccc4C)C32)cc1. The van der Waals surface area contributed by atoms with E-state index in [-0.39, 0.29) is 52.2 Å². The van der Waals surface area contributed by atoms with Crippen LogP contribution in [0.3, 0.4) is 0 Å². The number of thiazole rings is 1. The largest absolute Gasteiger partial charge is 0.489 e. The number of H-pyrrole nitrogens is 1. The van der Waals surface area contributed by atoms with Crippen LogP contribution in [0.15, 0.2) is 82.6 Å². The van der Waals surface area contributed by atoms with E-state index >= 15 is 0 Å². The van der Waals surface area contributed by atoms with Gasteiger partial charge in [0.1, 0.15) is 12.4 Å². The number of para-hydroxylation sites is 1. The van der Waals surface area contributed by atoms with Crippen LogP contribution in [0.5, 0.6) is 5.75 Å². The summed E-state index contributed by atoms with van der Waals surface area (Å²) in [5.74, 6) is -0.957. The summed E-state index contributed by atoms with van der Waals surface area (Å²) in [6.45, 7) is 4.50. The number of nitrogens with one attached hydrogen (secondary N) is 1. The number of fused-ring (bicyclic) bond motifs is 9. The summed E-state index contributed by atoms with van der Waals surface area (Å²) < 4.78 is 11.6. The molecule has 7 atom stereocenters. The Morgan fingerprint density at radius 1 is 0.935 bits per heavy atom. The topological polar surface area (TPSA) is 106 Å². The number of hydrogen-bond acceptors (Lipinski definition) is 8. The molecule has 1 saturated heterocycles. The smallest absolute Gasteiger partial charge is 0.338 e. The van der Waals surface area contributed by atoms with Crippen molar-refractivity contribution in [3.8, 4) is 5.75 Å². The Hall–Kier alpha value is -4.15. The van der Waals surface area contributed by atoms with Crippen LogP contribution in [0.4, 0.5) is 5.69 Å². The molecule has 5 unspecified atom stereocenters. The van der Waals surface area contributed by atoms with Crippen molar-refractivity contribution in [3.05, 3.63) is 110 Å². The molecule has 8 nitrogen and oxygen atoms in total. The molecule has 234 valence electrons. The number of nitrogens with zero attached hydrogens (tertiary/aromatic N) is 1. The molecular formula is C36H32N2O6S2. The second-order valence-electron chi connectivity index (χ2n) is 12.5. The van der Waals surface area contributed by atoms with Gasteiger partial charge >= 0.3 is 10.8 Å².